The molecule has 0 nitrogen and oxygen atoms in total. The minimum Gasteiger partial charge on any atom is -0.0877 e. The van der Waals surface area contributed by atoms with E-state index in [1.807, 2.05) is 23.5 Å². The van der Waals surface area contributed by atoms with Gasteiger partial charge in [0.25, 0.3) is 0 Å². The SMILES string of the molecule is c1ccc(-c2ccc3c(c2)Sc2ccccc2S3)cc1. The van der Waals surface area contributed by atoms with Crippen LogP contribution in [0.2, 0.25) is 0 Å². The minimum atomic E-state index is 1.28. The van der Waals surface area contributed by atoms with Gasteiger partial charge in [0.1, 0.15) is 0 Å². The van der Waals surface area contributed by atoms with Gasteiger partial charge in [-0.15, -0.1) is 0 Å². The number of hydrogen-bond acceptors (Lipinski definition) is 2. The third kappa shape index (κ3) is 2.15. The minimum absolute atomic E-state index is 1.28. The summed E-state index contributed by atoms with van der Waals surface area (Å²) >= 11 is 3.74. The van der Waals surface area contributed by atoms with Gasteiger partial charge < -0.3 is 0 Å². The predicted molar refractivity (Wildman–Crippen MR) is 86.6 cm³/mol. The second kappa shape index (κ2) is 5.04. The van der Waals surface area contributed by atoms with E-state index >= 15 is 0 Å². The number of rotatable bonds is 1. The molecule has 0 unspecified atom stereocenters. The number of benzene rings is 3. The molecule has 1 aliphatic heterocycles. The Balaban J connectivity index is 1.77. The molecule has 0 aliphatic carbocycles. The fourth-order valence-corrected chi connectivity index (χ4v) is 4.59. The van der Waals surface area contributed by atoms with Gasteiger partial charge in [-0.2, -0.15) is 0 Å². The maximum absolute atomic E-state index is 2.30. The van der Waals surface area contributed by atoms with Crippen molar-refractivity contribution in [1.82, 2.24) is 0 Å². The lowest BCUT2D eigenvalue weighted by Crippen LogP contribution is -1.89. The van der Waals surface area contributed by atoms with Crippen LogP contribution in [0.4, 0.5) is 0 Å². The standard InChI is InChI=1S/C18H12S2/c1-2-6-13(7-3-1)14-10-11-17-18(12-14)20-16-9-5-4-8-15(16)19-17/h1-12H. The van der Waals surface area contributed by atoms with Crippen molar-refractivity contribution in [2.24, 2.45) is 0 Å². The van der Waals surface area contributed by atoms with E-state index in [0.717, 1.165) is 0 Å². The van der Waals surface area contributed by atoms with Gasteiger partial charge in [-0.1, -0.05) is 72.1 Å². The summed E-state index contributed by atoms with van der Waals surface area (Å²) in [5, 5.41) is 0. The van der Waals surface area contributed by atoms with Gasteiger partial charge in [0.05, 0.1) is 0 Å². The van der Waals surface area contributed by atoms with Crippen LogP contribution in [-0.4, -0.2) is 0 Å². The van der Waals surface area contributed by atoms with Gasteiger partial charge in [-0.25, -0.2) is 0 Å². The monoisotopic (exact) mass is 292 g/mol. The molecule has 0 N–H and O–H groups in total. The molecule has 4 rings (SSSR count). The first-order valence-electron chi connectivity index (χ1n) is 6.54. The lowest BCUT2D eigenvalue weighted by molar-refractivity contribution is 1.16. The van der Waals surface area contributed by atoms with Crippen molar-refractivity contribution in [3.05, 3.63) is 72.8 Å². The summed E-state index contributed by atoms with van der Waals surface area (Å²) in [7, 11) is 0. The van der Waals surface area contributed by atoms with Crippen molar-refractivity contribution in [3.63, 3.8) is 0 Å². The Labute approximate surface area is 127 Å². The van der Waals surface area contributed by atoms with Crippen LogP contribution < -0.4 is 0 Å². The highest BCUT2D eigenvalue weighted by Crippen LogP contribution is 2.49. The summed E-state index contributed by atoms with van der Waals surface area (Å²) in [6.45, 7) is 0. The fourth-order valence-electron chi connectivity index (χ4n) is 2.34. The Bertz CT molecular complexity index is 763. The first-order valence-corrected chi connectivity index (χ1v) is 8.18. The van der Waals surface area contributed by atoms with E-state index in [2.05, 4.69) is 72.8 Å². The van der Waals surface area contributed by atoms with Crippen LogP contribution in [0.5, 0.6) is 0 Å². The molecule has 0 spiro atoms. The largest absolute Gasteiger partial charge is 0.0877 e. The van der Waals surface area contributed by atoms with E-state index in [1.54, 1.807) is 0 Å². The normalized spacial score (nSPS) is 12.6. The van der Waals surface area contributed by atoms with Gasteiger partial charge in [-0.05, 0) is 35.4 Å². The summed E-state index contributed by atoms with van der Waals surface area (Å²) in [6, 6.07) is 25.9. The van der Waals surface area contributed by atoms with E-state index in [-0.39, 0.29) is 0 Å². The van der Waals surface area contributed by atoms with E-state index in [4.69, 9.17) is 0 Å². The Kier molecular flexibility index (Phi) is 3.06. The Morgan fingerprint density at radius 1 is 0.450 bits per heavy atom. The molecule has 0 amide bonds. The highest BCUT2D eigenvalue weighted by molar-refractivity contribution is 8.05. The quantitative estimate of drug-likeness (QED) is 0.424. The molecule has 3 aromatic rings. The zero-order valence-electron chi connectivity index (χ0n) is 10.7. The molecule has 1 heterocycles. The molecular weight excluding hydrogens is 280 g/mol. The van der Waals surface area contributed by atoms with Crippen LogP contribution in [0.3, 0.4) is 0 Å². The Morgan fingerprint density at radius 2 is 1.05 bits per heavy atom. The molecule has 2 heteroatoms. The Hall–Kier alpha value is -1.64. The summed E-state index contributed by atoms with van der Waals surface area (Å²) in [5.41, 5.74) is 2.57. The van der Waals surface area contributed by atoms with Crippen LogP contribution in [0, 0.1) is 0 Å². The van der Waals surface area contributed by atoms with Crippen LogP contribution >= 0.6 is 23.5 Å². The molecule has 0 aromatic heterocycles. The molecule has 0 bridgehead atoms. The van der Waals surface area contributed by atoms with Gasteiger partial charge in [0, 0.05) is 19.6 Å². The fraction of sp³-hybridized carbons (Fsp3) is 0. The maximum Gasteiger partial charge on any atom is 0.0268 e. The molecule has 0 radical (unpaired) electrons. The third-order valence-electron chi connectivity index (χ3n) is 3.34. The van der Waals surface area contributed by atoms with Crippen molar-refractivity contribution in [3.8, 4) is 11.1 Å². The van der Waals surface area contributed by atoms with E-state index in [0.29, 0.717) is 0 Å². The van der Waals surface area contributed by atoms with Crippen molar-refractivity contribution < 1.29 is 0 Å². The molecule has 20 heavy (non-hydrogen) atoms. The maximum atomic E-state index is 2.30. The predicted octanol–water partition coefficient (Wildman–Crippen LogP) is 5.97. The molecule has 0 fully saturated rings. The average molecular weight is 292 g/mol. The zero-order chi connectivity index (χ0) is 13.4. The molecule has 1 aliphatic rings. The van der Waals surface area contributed by atoms with Gasteiger partial charge in [0.15, 0.2) is 0 Å². The van der Waals surface area contributed by atoms with Crippen LogP contribution in [0.25, 0.3) is 11.1 Å². The van der Waals surface area contributed by atoms with Crippen LogP contribution in [0.15, 0.2) is 92.4 Å². The third-order valence-corrected chi connectivity index (χ3v) is 5.88. The second-order valence-corrected chi connectivity index (χ2v) is 6.85. The molecule has 0 atom stereocenters. The smallest absolute Gasteiger partial charge is 0.0268 e. The molecular formula is C18H12S2. The van der Waals surface area contributed by atoms with Gasteiger partial charge in [-0.3, -0.25) is 0 Å². The van der Waals surface area contributed by atoms with Crippen LogP contribution in [0.1, 0.15) is 0 Å². The average Bonchev–Trinajstić information content (AvgIpc) is 2.53. The number of fused-ring (bicyclic) bond motifs is 2. The molecule has 0 saturated carbocycles. The van der Waals surface area contributed by atoms with Crippen LogP contribution in [-0.2, 0) is 0 Å². The van der Waals surface area contributed by atoms with Crippen molar-refractivity contribution in [2.45, 2.75) is 19.6 Å². The summed E-state index contributed by atoms with van der Waals surface area (Å²) in [4.78, 5) is 5.43. The molecule has 96 valence electrons. The van der Waals surface area contributed by atoms with E-state index in [9.17, 15) is 0 Å². The van der Waals surface area contributed by atoms with E-state index < -0.39 is 0 Å². The van der Waals surface area contributed by atoms with Gasteiger partial charge >= 0.3 is 0 Å². The molecule has 3 aromatic carbocycles. The number of hydrogen-bond donors (Lipinski definition) is 0. The van der Waals surface area contributed by atoms with Crippen molar-refractivity contribution in [2.75, 3.05) is 0 Å². The van der Waals surface area contributed by atoms with Crippen molar-refractivity contribution in [1.29, 1.82) is 0 Å². The lowest BCUT2D eigenvalue weighted by Gasteiger charge is -2.18. The summed E-state index contributed by atoms with van der Waals surface area (Å²) in [6.07, 6.45) is 0. The zero-order valence-corrected chi connectivity index (χ0v) is 12.4. The van der Waals surface area contributed by atoms with Crippen molar-refractivity contribution >= 4 is 23.5 Å². The van der Waals surface area contributed by atoms with Gasteiger partial charge in [0.2, 0.25) is 0 Å². The summed E-state index contributed by atoms with van der Waals surface area (Å²) in [5.74, 6) is 0. The highest BCUT2D eigenvalue weighted by atomic mass is 32.2. The first-order chi connectivity index (χ1) is 9.90. The topological polar surface area (TPSA) is 0 Å². The highest BCUT2D eigenvalue weighted by Gasteiger charge is 2.16. The first kappa shape index (κ1) is 12.1. The van der Waals surface area contributed by atoms with E-state index in [1.165, 1.54) is 30.7 Å². The Morgan fingerprint density at radius 3 is 1.80 bits per heavy atom. The molecule has 0 saturated heterocycles. The lowest BCUT2D eigenvalue weighted by atomic mass is 10.1. The second-order valence-electron chi connectivity index (χ2n) is 4.68. The summed E-state index contributed by atoms with van der Waals surface area (Å²) < 4.78 is 0.